The van der Waals surface area contributed by atoms with Gasteiger partial charge in [-0.1, -0.05) is 6.92 Å². The predicted molar refractivity (Wildman–Crippen MR) is 89.9 cm³/mol. The fourth-order valence-corrected chi connectivity index (χ4v) is 2.86. The number of piperidine rings is 1. The third-order valence-electron chi connectivity index (χ3n) is 4.05. The average Bonchev–Trinajstić information content (AvgIpc) is 2.55. The van der Waals surface area contributed by atoms with Crippen molar-refractivity contribution in [3.05, 3.63) is 24.5 Å². The van der Waals surface area contributed by atoms with Crippen molar-refractivity contribution in [2.75, 3.05) is 31.5 Å². The van der Waals surface area contributed by atoms with E-state index < -0.39 is 11.8 Å². The largest absolute Gasteiger partial charge is 0.348 e. The van der Waals surface area contributed by atoms with Crippen molar-refractivity contribution in [3.8, 4) is 0 Å². The number of carbonyl (C=O) groups is 2. The lowest BCUT2D eigenvalue weighted by Crippen LogP contribution is -2.37. The normalized spacial score (nSPS) is 18.4. The molecule has 6 heteroatoms. The molecule has 0 saturated carbocycles. The second-order valence-corrected chi connectivity index (χ2v) is 6.21. The van der Waals surface area contributed by atoms with Gasteiger partial charge in [-0.25, -0.2) is 0 Å². The van der Waals surface area contributed by atoms with Crippen molar-refractivity contribution < 1.29 is 9.59 Å². The Morgan fingerprint density at radius 3 is 2.96 bits per heavy atom. The molecule has 1 aliphatic heterocycles. The Bertz CT molecular complexity index is 507. The van der Waals surface area contributed by atoms with Gasteiger partial charge in [-0.15, -0.1) is 0 Å². The number of pyridine rings is 1. The summed E-state index contributed by atoms with van der Waals surface area (Å²) in [5.74, 6) is -0.456. The van der Waals surface area contributed by atoms with E-state index in [1.165, 1.54) is 32.1 Å². The van der Waals surface area contributed by atoms with Crippen LogP contribution in [0.2, 0.25) is 0 Å². The van der Waals surface area contributed by atoms with Gasteiger partial charge in [0.15, 0.2) is 0 Å². The Morgan fingerprint density at radius 2 is 2.22 bits per heavy atom. The molecule has 1 saturated heterocycles. The highest BCUT2D eigenvalue weighted by molar-refractivity contribution is 6.39. The van der Waals surface area contributed by atoms with Crippen LogP contribution in [0.5, 0.6) is 0 Å². The van der Waals surface area contributed by atoms with Gasteiger partial charge in [-0.3, -0.25) is 14.6 Å². The van der Waals surface area contributed by atoms with E-state index in [2.05, 4.69) is 27.4 Å². The van der Waals surface area contributed by atoms with Crippen molar-refractivity contribution in [2.24, 2.45) is 5.92 Å². The Balaban J connectivity index is 1.56. The van der Waals surface area contributed by atoms with Gasteiger partial charge in [0, 0.05) is 19.3 Å². The second-order valence-electron chi connectivity index (χ2n) is 6.21. The van der Waals surface area contributed by atoms with Gasteiger partial charge in [0.2, 0.25) is 0 Å². The SMILES string of the molecule is CC1CCCN(CCCCNC(=O)C(=O)Nc2cccnc2)C1. The highest BCUT2D eigenvalue weighted by atomic mass is 16.2. The number of hydrogen-bond donors (Lipinski definition) is 2. The van der Waals surface area contributed by atoms with E-state index in [-0.39, 0.29) is 0 Å². The molecule has 0 bridgehead atoms. The number of carbonyl (C=O) groups excluding carboxylic acids is 2. The Kier molecular flexibility index (Phi) is 7.00. The van der Waals surface area contributed by atoms with Crippen LogP contribution in [0, 0.1) is 5.92 Å². The van der Waals surface area contributed by atoms with Crippen LogP contribution in [-0.2, 0) is 9.59 Å². The number of likely N-dealkylation sites (tertiary alicyclic amines) is 1. The van der Waals surface area contributed by atoms with Crippen molar-refractivity contribution in [3.63, 3.8) is 0 Å². The maximum absolute atomic E-state index is 11.7. The number of anilines is 1. The zero-order chi connectivity index (χ0) is 16.5. The number of hydrogen-bond acceptors (Lipinski definition) is 4. The van der Waals surface area contributed by atoms with Gasteiger partial charge in [0.05, 0.1) is 11.9 Å². The Morgan fingerprint density at radius 1 is 1.35 bits per heavy atom. The predicted octanol–water partition coefficient (Wildman–Crippen LogP) is 1.65. The van der Waals surface area contributed by atoms with E-state index in [0.717, 1.165) is 25.3 Å². The molecule has 1 aromatic heterocycles. The molecule has 6 nitrogen and oxygen atoms in total. The molecule has 0 aromatic carbocycles. The standard InChI is InChI=1S/C17H26N4O2/c1-14-6-5-11-21(13-14)10-3-2-9-19-16(22)17(23)20-15-7-4-8-18-12-15/h4,7-8,12,14H,2-3,5-6,9-11,13H2,1H3,(H,19,22)(H,20,23). The van der Waals surface area contributed by atoms with Gasteiger partial charge in [-0.2, -0.15) is 0 Å². The minimum Gasteiger partial charge on any atom is -0.348 e. The molecule has 2 amide bonds. The lowest BCUT2D eigenvalue weighted by atomic mass is 10.0. The molecular formula is C17H26N4O2. The van der Waals surface area contributed by atoms with Crippen LogP contribution in [0.15, 0.2) is 24.5 Å². The van der Waals surface area contributed by atoms with E-state index >= 15 is 0 Å². The second kappa shape index (κ2) is 9.25. The van der Waals surface area contributed by atoms with Crippen molar-refractivity contribution in [1.29, 1.82) is 0 Å². The topological polar surface area (TPSA) is 74.3 Å². The molecule has 0 spiro atoms. The highest BCUT2D eigenvalue weighted by Gasteiger charge is 2.16. The summed E-state index contributed by atoms with van der Waals surface area (Å²) >= 11 is 0. The Hall–Kier alpha value is -1.95. The van der Waals surface area contributed by atoms with Gasteiger partial charge in [0.25, 0.3) is 0 Å². The van der Waals surface area contributed by atoms with E-state index in [0.29, 0.717) is 12.2 Å². The van der Waals surface area contributed by atoms with Crippen LogP contribution in [0.4, 0.5) is 5.69 Å². The maximum atomic E-state index is 11.7. The fourth-order valence-electron chi connectivity index (χ4n) is 2.86. The molecule has 0 aliphatic carbocycles. The first-order valence-electron chi connectivity index (χ1n) is 8.36. The quantitative estimate of drug-likeness (QED) is 0.618. The lowest BCUT2D eigenvalue weighted by molar-refractivity contribution is -0.136. The third-order valence-corrected chi connectivity index (χ3v) is 4.05. The van der Waals surface area contributed by atoms with Gasteiger partial charge in [-0.05, 0) is 56.8 Å². The molecule has 126 valence electrons. The van der Waals surface area contributed by atoms with Crippen LogP contribution in [0.25, 0.3) is 0 Å². The summed E-state index contributed by atoms with van der Waals surface area (Å²) in [7, 11) is 0. The fraction of sp³-hybridized carbons (Fsp3) is 0.588. The highest BCUT2D eigenvalue weighted by Crippen LogP contribution is 2.15. The van der Waals surface area contributed by atoms with Gasteiger partial charge < -0.3 is 15.5 Å². The average molecular weight is 318 g/mol. The van der Waals surface area contributed by atoms with Crippen LogP contribution in [0.3, 0.4) is 0 Å². The molecule has 1 aromatic rings. The summed E-state index contributed by atoms with van der Waals surface area (Å²) in [6, 6.07) is 3.40. The van der Waals surface area contributed by atoms with Crippen molar-refractivity contribution >= 4 is 17.5 Å². The summed E-state index contributed by atoms with van der Waals surface area (Å²) in [4.78, 5) is 29.8. The first kappa shape index (κ1) is 17.4. The van der Waals surface area contributed by atoms with E-state index in [1.807, 2.05) is 0 Å². The third kappa shape index (κ3) is 6.36. The summed E-state index contributed by atoms with van der Waals surface area (Å²) < 4.78 is 0. The summed E-state index contributed by atoms with van der Waals surface area (Å²) in [6.07, 6.45) is 7.66. The summed E-state index contributed by atoms with van der Waals surface area (Å²) in [5.41, 5.74) is 0.520. The number of amides is 2. The number of aromatic nitrogens is 1. The van der Waals surface area contributed by atoms with Crippen LogP contribution in [0.1, 0.15) is 32.6 Å². The molecule has 1 atom stereocenters. The lowest BCUT2D eigenvalue weighted by Gasteiger charge is -2.30. The minimum absolute atomic E-state index is 0.520. The molecule has 2 heterocycles. The summed E-state index contributed by atoms with van der Waals surface area (Å²) in [5, 5.41) is 5.18. The van der Waals surface area contributed by atoms with Crippen molar-refractivity contribution in [1.82, 2.24) is 15.2 Å². The van der Waals surface area contributed by atoms with Gasteiger partial charge in [0.1, 0.15) is 0 Å². The number of nitrogens with one attached hydrogen (secondary N) is 2. The molecule has 1 unspecified atom stereocenters. The van der Waals surface area contributed by atoms with Crippen LogP contribution in [-0.4, -0.2) is 47.9 Å². The van der Waals surface area contributed by atoms with Gasteiger partial charge >= 0.3 is 11.8 Å². The molecule has 1 fully saturated rings. The van der Waals surface area contributed by atoms with Crippen LogP contribution < -0.4 is 10.6 Å². The molecule has 2 N–H and O–H groups in total. The summed E-state index contributed by atoms with van der Waals surface area (Å²) in [6.45, 7) is 6.27. The van der Waals surface area contributed by atoms with Crippen molar-refractivity contribution in [2.45, 2.75) is 32.6 Å². The molecular weight excluding hydrogens is 292 g/mol. The number of unbranched alkanes of at least 4 members (excludes halogenated alkanes) is 1. The maximum Gasteiger partial charge on any atom is 0.313 e. The van der Waals surface area contributed by atoms with E-state index in [1.54, 1.807) is 18.3 Å². The monoisotopic (exact) mass is 318 g/mol. The first-order valence-corrected chi connectivity index (χ1v) is 8.36. The van der Waals surface area contributed by atoms with E-state index in [4.69, 9.17) is 0 Å². The molecule has 0 radical (unpaired) electrons. The van der Waals surface area contributed by atoms with Crippen LogP contribution >= 0.6 is 0 Å². The number of rotatable bonds is 6. The zero-order valence-corrected chi connectivity index (χ0v) is 13.8. The molecule has 23 heavy (non-hydrogen) atoms. The number of nitrogens with zero attached hydrogens (tertiary/aromatic N) is 2. The first-order chi connectivity index (χ1) is 11.1. The minimum atomic E-state index is -0.650. The smallest absolute Gasteiger partial charge is 0.313 e. The van der Waals surface area contributed by atoms with E-state index in [9.17, 15) is 9.59 Å². The zero-order valence-electron chi connectivity index (χ0n) is 13.8. The molecule has 2 rings (SSSR count). The molecule has 1 aliphatic rings. The Labute approximate surface area is 137 Å².